The van der Waals surface area contributed by atoms with Gasteiger partial charge < -0.3 is 5.32 Å². The molecule has 0 spiro atoms. The summed E-state index contributed by atoms with van der Waals surface area (Å²) in [5.41, 5.74) is 3.26. The minimum atomic E-state index is -0.539. The monoisotopic (exact) mass is 431 g/mol. The summed E-state index contributed by atoms with van der Waals surface area (Å²) >= 11 is 1.58. The highest BCUT2D eigenvalue weighted by atomic mass is 32.1. The Morgan fingerprint density at radius 1 is 1.23 bits per heavy atom. The predicted molar refractivity (Wildman–Crippen MR) is 121 cm³/mol. The molecule has 0 unspecified atom stereocenters. The molecule has 0 aliphatic heterocycles. The van der Waals surface area contributed by atoms with Crippen molar-refractivity contribution in [1.82, 2.24) is 15.3 Å². The second-order valence-corrected chi connectivity index (χ2v) is 7.94. The molecule has 1 aromatic carbocycles. The predicted octanol–water partition coefficient (Wildman–Crippen LogP) is 4.22. The number of benzene rings is 1. The Morgan fingerprint density at radius 2 is 2.03 bits per heavy atom. The Hall–Kier alpha value is -3.83. The lowest BCUT2D eigenvalue weighted by Gasteiger charge is -2.09. The molecule has 0 radical (unpaired) electrons. The maximum absolute atomic E-state index is 12.5. The van der Waals surface area contributed by atoms with Gasteiger partial charge in [-0.05, 0) is 35.3 Å². The third-order valence-electron chi connectivity index (χ3n) is 4.38. The number of rotatable bonds is 7. The standard InChI is InChI=1S/C23H21N5O2S/c1-15(2)20-13-31-22(28-20)8-7-16-9-18(12-25-11-16)27-21(29)10-17-5-3-4-6-19(17)23(30)26-14-24/h3-9,11-13,15H,10H2,1-2H3,(H,26,30)(H,27,29)/b8-7+. The average molecular weight is 432 g/mol. The Bertz CT molecular complexity index is 1160. The van der Waals surface area contributed by atoms with E-state index in [-0.39, 0.29) is 12.3 Å². The SMILES string of the molecule is CC(C)c1csc(/C=C/c2cncc(NC(=O)Cc3ccccc3C(=O)NC#N)c2)n1. The van der Waals surface area contributed by atoms with Crippen molar-refractivity contribution < 1.29 is 9.59 Å². The molecule has 156 valence electrons. The summed E-state index contributed by atoms with van der Waals surface area (Å²) in [6.07, 6.45) is 8.67. The lowest BCUT2D eigenvalue weighted by molar-refractivity contribution is -0.115. The number of nitriles is 1. The number of anilines is 1. The van der Waals surface area contributed by atoms with Gasteiger partial charge in [0.05, 0.1) is 24.0 Å². The fraction of sp³-hybridized carbons (Fsp3) is 0.174. The molecule has 3 aromatic rings. The summed E-state index contributed by atoms with van der Waals surface area (Å²) < 4.78 is 0. The highest BCUT2D eigenvalue weighted by Gasteiger charge is 2.13. The van der Waals surface area contributed by atoms with Crippen LogP contribution in [0.1, 0.15) is 52.0 Å². The first-order valence-electron chi connectivity index (χ1n) is 9.62. The number of carbonyl (C=O) groups is 2. The maximum atomic E-state index is 12.5. The summed E-state index contributed by atoms with van der Waals surface area (Å²) in [4.78, 5) is 33.2. The van der Waals surface area contributed by atoms with Crippen LogP contribution in [-0.2, 0) is 11.2 Å². The highest BCUT2D eigenvalue weighted by Crippen LogP contribution is 2.20. The number of nitrogens with one attached hydrogen (secondary N) is 2. The van der Waals surface area contributed by atoms with Gasteiger partial charge in [0.25, 0.3) is 5.91 Å². The van der Waals surface area contributed by atoms with Gasteiger partial charge in [-0.2, -0.15) is 5.26 Å². The Kier molecular flexibility index (Phi) is 7.25. The van der Waals surface area contributed by atoms with Crippen molar-refractivity contribution in [2.24, 2.45) is 0 Å². The van der Waals surface area contributed by atoms with Crippen LogP contribution in [0.4, 0.5) is 5.69 Å². The van der Waals surface area contributed by atoms with E-state index in [1.54, 1.807) is 54.2 Å². The molecule has 2 N–H and O–H groups in total. The first-order valence-corrected chi connectivity index (χ1v) is 10.5. The van der Waals surface area contributed by atoms with Crippen molar-refractivity contribution >= 4 is 41.0 Å². The molecule has 8 heteroatoms. The first-order chi connectivity index (χ1) is 15.0. The Morgan fingerprint density at radius 3 is 2.77 bits per heavy atom. The normalized spacial score (nSPS) is 10.8. The van der Waals surface area contributed by atoms with E-state index >= 15 is 0 Å². The number of hydrogen-bond acceptors (Lipinski definition) is 6. The van der Waals surface area contributed by atoms with Crippen LogP contribution in [-0.4, -0.2) is 21.8 Å². The molecule has 2 amide bonds. The van der Waals surface area contributed by atoms with Gasteiger partial charge >= 0.3 is 0 Å². The fourth-order valence-corrected chi connectivity index (χ4v) is 3.69. The van der Waals surface area contributed by atoms with Crippen LogP contribution < -0.4 is 10.6 Å². The van der Waals surface area contributed by atoms with Crippen molar-refractivity contribution in [2.75, 3.05) is 5.32 Å². The Balaban J connectivity index is 1.67. The van der Waals surface area contributed by atoms with Crippen LogP contribution in [0.5, 0.6) is 0 Å². The number of carbonyl (C=O) groups excluding carboxylic acids is 2. The van der Waals surface area contributed by atoms with Gasteiger partial charge in [-0.3, -0.25) is 19.9 Å². The van der Waals surface area contributed by atoms with E-state index < -0.39 is 5.91 Å². The Labute approximate surface area is 184 Å². The van der Waals surface area contributed by atoms with E-state index in [9.17, 15) is 9.59 Å². The van der Waals surface area contributed by atoms with Crippen LogP contribution >= 0.6 is 11.3 Å². The number of hydrogen-bond donors (Lipinski definition) is 2. The minimum Gasteiger partial charge on any atom is -0.324 e. The largest absolute Gasteiger partial charge is 0.324 e. The molecule has 3 rings (SSSR count). The van der Waals surface area contributed by atoms with Gasteiger partial charge in [-0.25, -0.2) is 4.98 Å². The third-order valence-corrected chi connectivity index (χ3v) is 5.20. The van der Waals surface area contributed by atoms with Gasteiger partial charge in [0.1, 0.15) is 5.01 Å². The summed E-state index contributed by atoms with van der Waals surface area (Å²) in [5, 5.41) is 16.5. The molecule has 2 aromatic heterocycles. The molecular formula is C23H21N5O2S. The van der Waals surface area contributed by atoms with Crippen molar-refractivity contribution in [2.45, 2.75) is 26.2 Å². The zero-order valence-corrected chi connectivity index (χ0v) is 17.9. The van der Waals surface area contributed by atoms with E-state index in [4.69, 9.17) is 5.26 Å². The van der Waals surface area contributed by atoms with Crippen molar-refractivity contribution in [3.63, 3.8) is 0 Å². The minimum absolute atomic E-state index is 0.00775. The lowest BCUT2D eigenvalue weighted by atomic mass is 10.0. The summed E-state index contributed by atoms with van der Waals surface area (Å²) in [6, 6.07) is 8.49. The van der Waals surface area contributed by atoms with E-state index in [0.29, 0.717) is 22.7 Å². The quantitative estimate of drug-likeness (QED) is 0.430. The topological polar surface area (TPSA) is 108 Å². The average Bonchev–Trinajstić information content (AvgIpc) is 3.22. The maximum Gasteiger partial charge on any atom is 0.264 e. The van der Waals surface area contributed by atoms with Gasteiger partial charge in [-0.15, -0.1) is 11.3 Å². The van der Waals surface area contributed by atoms with Crippen LogP contribution in [0.3, 0.4) is 0 Å². The molecule has 0 saturated carbocycles. The van der Waals surface area contributed by atoms with Gasteiger partial charge in [0, 0.05) is 17.1 Å². The van der Waals surface area contributed by atoms with E-state index in [1.807, 2.05) is 23.6 Å². The van der Waals surface area contributed by atoms with Crippen LogP contribution in [0.2, 0.25) is 0 Å². The third kappa shape index (κ3) is 6.07. The second kappa shape index (κ2) is 10.3. The molecule has 0 aliphatic rings. The molecule has 0 aliphatic carbocycles. The van der Waals surface area contributed by atoms with Crippen molar-refractivity contribution in [3.05, 3.63) is 75.5 Å². The van der Waals surface area contributed by atoms with Crippen molar-refractivity contribution in [1.29, 1.82) is 5.26 Å². The molecular weight excluding hydrogens is 410 g/mol. The summed E-state index contributed by atoms with van der Waals surface area (Å²) in [6.45, 7) is 4.21. The number of nitrogens with zero attached hydrogens (tertiary/aromatic N) is 3. The highest BCUT2D eigenvalue weighted by molar-refractivity contribution is 7.10. The summed E-state index contributed by atoms with van der Waals surface area (Å²) in [5.74, 6) is -0.445. The lowest BCUT2D eigenvalue weighted by Crippen LogP contribution is -2.21. The first kappa shape index (κ1) is 21.9. The number of pyridine rings is 1. The molecule has 2 heterocycles. The zero-order chi connectivity index (χ0) is 22.2. The second-order valence-electron chi connectivity index (χ2n) is 7.05. The van der Waals surface area contributed by atoms with Gasteiger partial charge in [0.15, 0.2) is 6.19 Å². The molecule has 0 atom stereocenters. The zero-order valence-electron chi connectivity index (χ0n) is 17.1. The number of thiazole rings is 1. The van der Waals surface area contributed by atoms with Gasteiger partial charge in [0.2, 0.25) is 5.91 Å². The van der Waals surface area contributed by atoms with Crippen LogP contribution in [0, 0.1) is 11.5 Å². The number of aromatic nitrogens is 2. The van der Waals surface area contributed by atoms with E-state index in [0.717, 1.165) is 16.3 Å². The molecule has 0 saturated heterocycles. The molecule has 0 bridgehead atoms. The van der Waals surface area contributed by atoms with Gasteiger partial charge in [-0.1, -0.05) is 38.1 Å². The van der Waals surface area contributed by atoms with E-state index in [1.165, 1.54) is 0 Å². The van der Waals surface area contributed by atoms with Crippen LogP contribution in [0.25, 0.3) is 12.2 Å². The smallest absolute Gasteiger partial charge is 0.264 e. The fourth-order valence-electron chi connectivity index (χ4n) is 2.82. The molecule has 0 fully saturated rings. The van der Waals surface area contributed by atoms with E-state index in [2.05, 4.69) is 34.4 Å². The molecule has 7 nitrogen and oxygen atoms in total. The summed E-state index contributed by atoms with van der Waals surface area (Å²) in [7, 11) is 0. The van der Waals surface area contributed by atoms with Crippen LogP contribution in [0.15, 0.2) is 48.1 Å². The van der Waals surface area contributed by atoms with Crippen molar-refractivity contribution in [3.8, 4) is 6.19 Å². The molecule has 31 heavy (non-hydrogen) atoms. The number of amides is 2.